The molecule has 0 aliphatic heterocycles. The Balaban J connectivity index is 1.94. The molecule has 0 saturated heterocycles. The number of esters is 1. The molecule has 4 atom stereocenters. The summed E-state index contributed by atoms with van der Waals surface area (Å²) in [5.41, 5.74) is 0.374. The van der Waals surface area contributed by atoms with E-state index in [-0.39, 0.29) is 5.97 Å². The lowest BCUT2D eigenvalue weighted by molar-refractivity contribution is -0.139. The Hall–Kier alpha value is -0.693. The van der Waals surface area contributed by atoms with Crippen molar-refractivity contribution >= 4 is 14.8 Å². The molecule has 2 bridgehead atoms. The van der Waals surface area contributed by atoms with Crippen LogP contribution in [0.5, 0.6) is 0 Å². The van der Waals surface area contributed by atoms with Crippen LogP contribution < -0.4 is 0 Å². The molecule has 0 aromatic rings. The minimum absolute atomic E-state index is 0.335. The molecule has 0 heterocycles. The van der Waals surface area contributed by atoms with Gasteiger partial charge >= 0.3 is 14.8 Å². The van der Waals surface area contributed by atoms with E-state index in [4.69, 9.17) is 18.0 Å². The number of ether oxygens (including phenoxy) is 1. The Labute approximate surface area is 121 Å². The van der Waals surface area contributed by atoms with Crippen LogP contribution in [0.15, 0.2) is 12.7 Å². The van der Waals surface area contributed by atoms with Crippen molar-refractivity contribution in [3.8, 4) is 0 Å². The van der Waals surface area contributed by atoms with E-state index in [1.165, 1.54) is 6.08 Å². The van der Waals surface area contributed by atoms with Gasteiger partial charge in [0, 0.05) is 32.9 Å². The molecule has 20 heavy (non-hydrogen) atoms. The third kappa shape index (κ3) is 2.70. The summed E-state index contributed by atoms with van der Waals surface area (Å²) < 4.78 is 22.0. The molecule has 0 radical (unpaired) electrons. The van der Waals surface area contributed by atoms with Crippen LogP contribution in [0.2, 0.25) is 5.54 Å². The second-order valence-electron chi connectivity index (χ2n) is 5.64. The van der Waals surface area contributed by atoms with Gasteiger partial charge in [-0.3, -0.25) is 0 Å². The largest absolute Gasteiger partial charge is 0.503 e. The average Bonchev–Trinajstić information content (AvgIpc) is 3.07. The fourth-order valence-electron chi connectivity index (χ4n) is 3.98. The monoisotopic (exact) mass is 300 g/mol. The summed E-state index contributed by atoms with van der Waals surface area (Å²) in [7, 11) is 2.48. The van der Waals surface area contributed by atoms with Gasteiger partial charge in [0.2, 0.25) is 0 Å². The first kappa shape index (κ1) is 15.7. The summed E-state index contributed by atoms with van der Waals surface area (Å²) in [4.78, 5) is 11.1. The fourth-order valence-corrected chi connectivity index (χ4v) is 6.83. The lowest BCUT2D eigenvalue weighted by Crippen LogP contribution is -2.49. The molecule has 0 amide bonds. The van der Waals surface area contributed by atoms with Crippen LogP contribution in [0.3, 0.4) is 0 Å². The molecule has 0 aromatic carbocycles. The van der Waals surface area contributed by atoms with Crippen molar-refractivity contribution in [3.63, 3.8) is 0 Å². The Morgan fingerprint density at radius 3 is 2.25 bits per heavy atom. The van der Waals surface area contributed by atoms with Gasteiger partial charge in [-0.05, 0) is 37.0 Å². The summed E-state index contributed by atoms with van der Waals surface area (Å²) in [6, 6.07) is 0. The van der Waals surface area contributed by atoms with E-state index >= 15 is 0 Å². The SMILES string of the molecule is C=CC(=O)OCC1CC2CC1CC2[Si](OC)(OC)OC. The van der Waals surface area contributed by atoms with Crippen molar-refractivity contribution in [2.45, 2.75) is 24.8 Å². The van der Waals surface area contributed by atoms with E-state index in [2.05, 4.69) is 6.58 Å². The molecule has 2 fully saturated rings. The maximum atomic E-state index is 11.1. The summed E-state index contributed by atoms with van der Waals surface area (Å²) in [6.45, 7) is 3.91. The highest BCUT2D eigenvalue weighted by molar-refractivity contribution is 6.62. The Bertz CT molecular complexity index is 360. The zero-order valence-electron chi connectivity index (χ0n) is 12.5. The predicted molar refractivity (Wildman–Crippen MR) is 76.0 cm³/mol. The smallest absolute Gasteiger partial charge is 0.462 e. The van der Waals surface area contributed by atoms with E-state index in [9.17, 15) is 4.79 Å². The van der Waals surface area contributed by atoms with Crippen molar-refractivity contribution < 1.29 is 22.8 Å². The van der Waals surface area contributed by atoms with Crippen LogP contribution in [0.1, 0.15) is 19.3 Å². The van der Waals surface area contributed by atoms with Gasteiger partial charge in [-0.1, -0.05) is 6.58 Å². The van der Waals surface area contributed by atoms with Crippen molar-refractivity contribution in [2.24, 2.45) is 17.8 Å². The number of hydrogen-bond donors (Lipinski definition) is 0. The molecule has 6 heteroatoms. The Morgan fingerprint density at radius 2 is 1.80 bits per heavy atom. The van der Waals surface area contributed by atoms with Crippen molar-refractivity contribution in [1.82, 2.24) is 0 Å². The molecule has 2 rings (SSSR count). The Morgan fingerprint density at radius 1 is 1.15 bits per heavy atom. The third-order valence-electron chi connectivity index (χ3n) is 4.92. The molecular weight excluding hydrogens is 276 g/mol. The molecule has 0 N–H and O–H groups in total. The van der Waals surface area contributed by atoms with Gasteiger partial charge in [-0.2, -0.15) is 0 Å². The molecule has 0 spiro atoms. The zero-order chi connectivity index (χ0) is 14.8. The minimum Gasteiger partial charge on any atom is -0.462 e. The lowest BCUT2D eigenvalue weighted by Gasteiger charge is -2.36. The van der Waals surface area contributed by atoms with Gasteiger partial charge in [0.25, 0.3) is 0 Å². The number of fused-ring (bicyclic) bond motifs is 2. The number of carbonyl (C=O) groups is 1. The molecule has 5 nitrogen and oxygen atoms in total. The van der Waals surface area contributed by atoms with E-state index < -0.39 is 8.80 Å². The molecule has 2 aliphatic rings. The van der Waals surface area contributed by atoms with Crippen molar-refractivity contribution in [2.75, 3.05) is 27.9 Å². The van der Waals surface area contributed by atoms with Crippen LogP contribution in [0.25, 0.3) is 0 Å². The van der Waals surface area contributed by atoms with Crippen LogP contribution in [-0.2, 0) is 22.8 Å². The van der Waals surface area contributed by atoms with Gasteiger partial charge in [0.05, 0.1) is 6.61 Å². The topological polar surface area (TPSA) is 54.0 Å². The zero-order valence-corrected chi connectivity index (χ0v) is 13.5. The highest BCUT2D eigenvalue weighted by Crippen LogP contribution is 2.58. The average molecular weight is 300 g/mol. The van der Waals surface area contributed by atoms with E-state index in [1.54, 1.807) is 21.3 Å². The van der Waals surface area contributed by atoms with Gasteiger partial charge in [0.1, 0.15) is 0 Å². The molecule has 114 valence electrons. The molecule has 2 saturated carbocycles. The summed E-state index contributed by atoms with van der Waals surface area (Å²) in [5.74, 6) is 1.25. The van der Waals surface area contributed by atoms with E-state index in [1.807, 2.05) is 0 Å². The number of hydrogen-bond acceptors (Lipinski definition) is 5. The maximum absolute atomic E-state index is 11.1. The maximum Gasteiger partial charge on any atom is 0.503 e. The van der Waals surface area contributed by atoms with Crippen LogP contribution in [0, 0.1) is 17.8 Å². The van der Waals surface area contributed by atoms with Crippen LogP contribution >= 0.6 is 0 Å². The minimum atomic E-state index is -2.54. The van der Waals surface area contributed by atoms with Crippen LogP contribution in [-0.4, -0.2) is 42.7 Å². The summed E-state index contributed by atoms with van der Waals surface area (Å²) in [6.07, 6.45) is 4.48. The highest BCUT2D eigenvalue weighted by atomic mass is 28.4. The van der Waals surface area contributed by atoms with Gasteiger partial charge in [0.15, 0.2) is 0 Å². The molecular formula is C14H24O5Si. The first-order chi connectivity index (χ1) is 9.60. The first-order valence-corrected chi connectivity index (χ1v) is 8.85. The Kier molecular flexibility index (Phi) is 5.01. The quantitative estimate of drug-likeness (QED) is 0.409. The second kappa shape index (κ2) is 6.38. The summed E-state index contributed by atoms with van der Waals surface area (Å²) in [5, 5.41) is 0. The molecule has 0 aromatic heterocycles. The van der Waals surface area contributed by atoms with Gasteiger partial charge in [-0.15, -0.1) is 0 Å². The predicted octanol–water partition coefficient (Wildman–Crippen LogP) is 2.01. The van der Waals surface area contributed by atoms with E-state index in [0.717, 1.165) is 19.3 Å². The molecule has 4 unspecified atom stereocenters. The number of rotatable bonds is 7. The van der Waals surface area contributed by atoms with Crippen LogP contribution in [0.4, 0.5) is 0 Å². The lowest BCUT2D eigenvalue weighted by atomic mass is 9.89. The van der Waals surface area contributed by atoms with Gasteiger partial charge < -0.3 is 18.0 Å². The highest BCUT2D eigenvalue weighted by Gasteiger charge is 2.59. The third-order valence-corrected chi connectivity index (χ3v) is 8.24. The van der Waals surface area contributed by atoms with E-state index in [0.29, 0.717) is 29.9 Å². The normalized spacial score (nSPS) is 32.4. The fraction of sp³-hybridized carbons (Fsp3) is 0.786. The number of carbonyl (C=O) groups excluding carboxylic acids is 1. The van der Waals surface area contributed by atoms with Crippen molar-refractivity contribution in [3.05, 3.63) is 12.7 Å². The standard InChI is InChI=1S/C14H24O5Si/c1-5-14(15)19-9-12-7-11-6-10(12)8-13(11)20(16-2,17-3)18-4/h5,10-13H,1,6-9H2,2-4H3. The second-order valence-corrected chi connectivity index (χ2v) is 8.82. The molecule has 2 aliphatic carbocycles. The van der Waals surface area contributed by atoms with Gasteiger partial charge in [-0.25, -0.2) is 4.79 Å². The first-order valence-electron chi connectivity index (χ1n) is 7.04. The summed E-state index contributed by atoms with van der Waals surface area (Å²) >= 11 is 0. The van der Waals surface area contributed by atoms with Crippen molar-refractivity contribution in [1.29, 1.82) is 0 Å².